The molecule has 0 fully saturated rings. The van der Waals surface area contributed by atoms with Gasteiger partial charge in [0.05, 0.1) is 17.7 Å². The number of hydrogen-bond donors (Lipinski definition) is 0. The molecule has 31 heavy (non-hydrogen) atoms. The second-order valence-corrected chi connectivity index (χ2v) is 8.89. The molecular formula is C26H22N2O3. The number of rotatable bonds is 3. The Morgan fingerprint density at radius 1 is 0.871 bits per heavy atom. The summed E-state index contributed by atoms with van der Waals surface area (Å²) in [5.41, 5.74) is 5.03. The topological polar surface area (TPSA) is 63.4 Å². The minimum Gasteiger partial charge on any atom is -0.436 e. The first-order valence-electron chi connectivity index (χ1n) is 10.3. The Morgan fingerprint density at radius 3 is 2.35 bits per heavy atom. The number of nitrogens with zero attached hydrogens (tertiary/aromatic N) is 2. The van der Waals surface area contributed by atoms with E-state index in [1.165, 1.54) is 10.5 Å². The third kappa shape index (κ3) is 3.32. The summed E-state index contributed by atoms with van der Waals surface area (Å²) in [5, 5.41) is 0. The van der Waals surface area contributed by atoms with Gasteiger partial charge in [-0.3, -0.25) is 14.5 Å². The molecule has 0 bridgehead atoms. The highest BCUT2D eigenvalue weighted by Crippen LogP contribution is 2.32. The Hall–Kier alpha value is -3.73. The summed E-state index contributed by atoms with van der Waals surface area (Å²) in [4.78, 5) is 31.7. The van der Waals surface area contributed by atoms with Gasteiger partial charge in [0.1, 0.15) is 5.52 Å². The molecule has 2 amide bonds. The number of benzene rings is 3. The van der Waals surface area contributed by atoms with E-state index in [2.05, 4.69) is 25.8 Å². The van der Waals surface area contributed by atoms with Crippen LogP contribution in [0.4, 0.5) is 0 Å². The average Bonchev–Trinajstić information content (AvgIpc) is 3.28. The number of fused-ring (bicyclic) bond motifs is 2. The van der Waals surface area contributed by atoms with E-state index >= 15 is 0 Å². The van der Waals surface area contributed by atoms with Crippen molar-refractivity contribution in [3.8, 4) is 11.5 Å². The molecule has 5 rings (SSSR count). The van der Waals surface area contributed by atoms with Crippen molar-refractivity contribution in [1.82, 2.24) is 9.88 Å². The summed E-state index contributed by atoms with van der Waals surface area (Å²) in [5.74, 6) is -0.134. The molecule has 0 radical (unpaired) electrons. The van der Waals surface area contributed by atoms with Gasteiger partial charge in [0.25, 0.3) is 11.8 Å². The highest BCUT2D eigenvalue weighted by molar-refractivity contribution is 6.21. The highest BCUT2D eigenvalue weighted by atomic mass is 16.3. The van der Waals surface area contributed by atoms with Crippen molar-refractivity contribution in [1.29, 1.82) is 0 Å². The molecule has 0 aliphatic carbocycles. The smallest absolute Gasteiger partial charge is 0.261 e. The van der Waals surface area contributed by atoms with Crippen molar-refractivity contribution in [3.05, 3.63) is 89.0 Å². The van der Waals surface area contributed by atoms with Crippen LogP contribution in [-0.2, 0) is 12.0 Å². The van der Waals surface area contributed by atoms with Gasteiger partial charge in [-0.2, -0.15) is 0 Å². The zero-order valence-corrected chi connectivity index (χ0v) is 17.7. The maximum absolute atomic E-state index is 13.0. The predicted octanol–water partition coefficient (Wildman–Crippen LogP) is 5.59. The first kappa shape index (κ1) is 19.2. The summed E-state index contributed by atoms with van der Waals surface area (Å²) in [6.07, 6.45) is 0. The summed E-state index contributed by atoms with van der Waals surface area (Å²) in [6.45, 7) is 6.71. The van der Waals surface area contributed by atoms with Crippen LogP contribution in [0, 0.1) is 0 Å². The lowest BCUT2D eigenvalue weighted by Crippen LogP contribution is -2.29. The number of aromatic nitrogens is 1. The van der Waals surface area contributed by atoms with E-state index in [-0.39, 0.29) is 23.8 Å². The molecule has 4 aromatic rings. The highest BCUT2D eigenvalue weighted by Gasteiger charge is 2.36. The summed E-state index contributed by atoms with van der Waals surface area (Å²) in [7, 11) is 0. The van der Waals surface area contributed by atoms with Crippen molar-refractivity contribution < 1.29 is 14.0 Å². The fraction of sp³-hybridized carbons (Fsp3) is 0.192. The van der Waals surface area contributed by atoms with E-state index in [0.717, 1.165) is 11.1 Å². The molecule has 0 unspecified atom stereocenters. The maximum Gasteiger partial charge on any atom is 0.261 e. The van der Waals surface area contributed by atoms with Crippen molar-refractivity contribution in [3.63, 3.8) is 0 Å². The second-order valence-electron chi connectivity index (χ2n) is 8.89. The minimum absolute atomic E-state index is 0.00979. The Balaban J connectivity index is 1.49. The molecule has 1 aliphatic rings. The standard InChI is InChI=1S/C26H22N2O3/c1-26(2,3)18-10-12-22-21(14-18)27-23(31-22)17-9-11-19-20(13-17)25(30)28(24(19)29)15-16-7-5-4-6-8-16/h4-14H,15H2,1-3H3. The lowest BCUT2D eigenvalue weighted by atomic mass is 9.87. The summed E-state index contributed by atoms with van der Waals surface area (Å²) >= 11 is 0. The van der Waals surface area contributed by atoms with Crippen molar-refractivity contribution in [2.75, 3.05) is 0 Å². The predicted molar refractivity (Wildman–Crippen MR) is 119 cm³/mol. The largest absolute Gasteiger partial charge is 0.436 e. The van der Waals surface area contributed by atoms with Crippen LogP contribution in [0.25, 0.3) is 22.6 Å². The van der Waals surface area contributed by atoms with Gasteiger partial charge in [0.15, 0.2) is 5.58 Å². The van der Waals surface area contributed by atoms with E-state index in [4.69, 9.17) is 4.42 Å². The van der Waals surface area contributed by atoms with Gasteiger partial charge < -0.3 is 4.42 Å². The fourth-order valence-electron chi connectivity index (χ4n) is 3.85. The number of amides is 2. The molecule has 5 heteroatoms. The lowest BCUT2D eigenvalue weighted by molar-refractivity contribution is 0.0642. The van der Waals surface area contributed by atoms with Gasteiger partial charge in [-0.1, -0.05) is 57.2 Å². The van der Waals surface area contributed by atoms with E-state index in [9.17, 15) is 9.59 Å². The van der Waals surface area contributed by atoms with E-state index < -0.39 is 0 Å². The molecule has 0 saturated carbocycles. The number of carbonyl (C=O) groups excluding carboxylic acids is 2. The molecule has 0 spiro atoms. The number of carbonyl (C=O) groups is 2. The molecule has 0 saturated heterocycles. The van der Waals surface area contributed by atoms with Crippen LogP contribution in [0.15, 0.2) is 71.1 Å². The number of oxazole rings is 1. The summed E-state index contributed by atoms with van der Waals surface area (Å²) < 4.78 is 5.95. The van der Waals surface area contributed by atoms with Crippen LogP contribution in [0.1, 0.15) is 52.6 Å². The Kier molecular flexibility index (Phi) is 4.29. The van der Waals surface area contributed by atoms with Gasteiger partial charge in [-0.25, -0.2) is 4.98 Å². The second kappa shape index (κ2) is 6.91. The Bertz CT molecular complexity index is 1330. The van der Waals surface area contributed by atoms with Gasteiger partial charge in [0.2, 0.25) is 5.89 Å². The van der Waals surface area contributed by atoms with Crippen molar-refractivity contribution in [2.24, 2.45) is 0 Å². The Morgan fingerprint density at radius 2 is 1.61 bits per heavy atom. The monoisotopic (exact) mass is 410 g/mol. The molecule has 0 N–H and O–H groups in total. The molecular weight excluding hydrogens is 388 g/mol. The van der Waals surface area contributed by atoms with Gasteiger partial charge in [-0.05, 0) is 46.9 Å². The maximum atomic E-state index is 13.0. The lowest BCUT2D eigenvalue weighted by Gasteiger charge is -2.18. The van der Waals surface area contributed by atoms with E-state index in [1.807, 2.05) is 48.5 Å². The van der Waals surface area contributed by atoms with Crippen molar-refractivity contribution >= 4 is 22.9 Å². The molecule has 1 aliphatic heterocycles. The third-order valence-electron chi connectivity index (χ3n) is 5.65. The molecule has 1 aromatic heterocycles. The summed E-state index contributed by atoms with van der Waals surface area (Å²) in [6, 6.07) is 20.7. The molecule has 0 atom stereocenters. The molecule has 2 heterocycles. The molecule has 5 nitrogen and oxygen atoms in total. The first-order chi connectivity index (χ1) is 14.8. The van der Waals surface area contributed by atoms with Crippen LogP contribution in [-0.4, -0.2) is 21.7 Å². The normalized spacial score (nSPS) is 13.8. The van der Waals surface area contributed by atoms with Crippen LogP contribution < -0.4 is 0 Å². The quantitative estimate of drug-likeness (QED) is 0.413. The van der Waals surface area contributed by atoms with Crippen LogP contribution in [0.5, 0.6) is 0 Å². The van der Waals surface area contributed by atoms with Gasteiger partial charge in [0, 0.05) is 5.56 Å². The third-order valence-corrected chi connectivity index (χ3v) is 5.65. The molecule has 154 valence electrons. The van der Waals surface area contributed by atoms with E-state index in [0.29, 0.717) is 28.2 Å². The van der Waals surface area contributed by atoms with Gasteiger partial charge >= 0.3 is 0 Å². The first-order valence-corrected chi connectivity index (χ1v) is 10.3. The zero-order valence-electron chi connectivity index (χ0n) is 17.7. The van der Waals surface area contributed by atoms with Gasteiger partial charge in [-0.15, -0.1) is 0 Å². The number of imide groups is 1. The fourth-order valence-corrected chi connectivity index (χ4v) is 3.85. The minimum atomic E-state index is -0.295. The SMILES string of the molecule is CC(C)(C)c1ccc2oc(-c3ccc4c(c3)C(=O)N(Cc3ccccc3)C4=O)nc2c1. The van der Waals surface area contributed by atoms with Crippen LogP contribution >= 0.6 is 0 Å². The Labute approximate surface area is 180 Å². The van der Waals surface area contributed by atoms with Crippen LogP contribution in [0.2, 0.25) is 0 Å². The van der Waals surface area contributed by atoms with E-state index in [1.54, 1.807) is 18.2 Å². The average molecular weight is 410 g/mol. The number of hydrogen-bond acceptors (Lipinski definition) is 4. The zero-order chi connectivity index (χ0) is 21.8. The van der Waals surface area contributed by atoms with Crippen molar-refractivity contribution in [2.45, 2.75) is 32.7 Å². The van der Waals surface area contributed by atoms with Crippen LogP contribution in [0.3, 0.4) is 0 Å². The molecule has 3 aromatic carbocycles.